The van der Waals surface area contributed by atoms with Crippen molar-refractivity contribution in [2.45, 2.75) is 18.2 Å². The molecule has 1 aliphatic heterocycles. The molecule has 0 aromatic heterocycles. The van der Waals surface area contributed by atoms with Crippen molar-refractivity contribution in [1.29, 1.82) is 0 Å². The lowest BCUT2D eigenvalue weighted by Gasteiger charge is -2.19. The average Bonchev–Trinajstić information content (AvgIpc) is 2.62. The SMILES string of the molecule is CC1CC(=O)NN=C1c1ccc(N/N=C/c2ccc(S(C)(=O)=O)cc2)cc1. The van der Waals surface area contributed by atoms with Crippen LogP contribution in [0.25, 0.3) is 0 Å². The minimum absolute atomic E-state index is 0.0663. The van der Waals surface area contributed by atoms with E-state index in [0.717, 1.165) is 22.5 Å². The van der Waals surface area contributed by atoms with Crippen molar-refractivity contribution >= 4 is 33.4 Å². The average molecular weight is 384 g/mol. The molecule has 0 bridgehead atoms. The molecule has 1 atom stereocenters. The number of anilines is 1. The van der Waals surface area contributed by atoms with Crippen LogP contribution in [0.2, 0.25) is 0 Å². The van der Waals surface area contributed by atoms with Gasteiger partial charge in [0.15, 0.2) is 9.84 Å². The second-order valence-electron chi connectivity index (χ2n) is 6.43. The molecule has 27 heavy (non-hydrogen) atoms. The van der Waals surface area contributed by atoms with Crippen LogP contribution in [0.5, 0.6) is 0 Å². The Morgan fingerprint density at radius 1 is 1.15 bits per heavy atom. The summed E-state index contributed by atoms with van der Waals surface area (Å²) >= 11 is 0. The molecule has 2 aromatic rings. The number of nitrogens with one attached hydrogen (secondary N) is 2. The van der Waals surface area contributed by atoms with Gasteiger partial charge in [-0.1, -0.05) is 31.2 Å². The predicted molar refractivity (Wildman–Crippen MR) is 106 cm³/mol. The summed E-state index contributed by atoms with van der Waals surface area (Å²) in [4.78, 5) is 11.6. The number of hydrazone groups is 2. The van der Waals surface area contributed by atoms with Gasteiger partial charge in [-0.15, -0.1) is 0 Å². The third-order valence-corrected chi connectivity index (χ3v) is 5.28. The fourth-order valence-corrected chi connectivity index (χ4v) is 3.33. The van der Waals surface area contributed by atoms with Gasteiger partial charge >= 0.3 is 0 Å². The van der Waals surface area contributed by atoms with Gasteiger partial charge in [-0.2, -0.15) is 10.2 Å². The Morgan fingerprint density at radius 2 is 1.81 bits per heavy atom. The van der Waals surface area contributed by atoms with Gasteiger partial charge in [-0.25, -0.2) is 13.8 Å². The van der Waals surface area contributed by atoms with Crippen LogP contribution in [0.15, 0.2) is 63.6 Å². The van der Waals surface area contributed by atoms with E-state index in [1.54, 1.807) is 30.5 Å². The maximum absolute atomic E-state index is 11.4. The van der Waals surface area contributed by atoms with Crippen LogP contribution < -0.4 is 10.9 Å². The molecule has 8 heteroatoms. The zero-order valence-electron chi connectivity index (χ0n) is 15.0. The molecule has 0 saturated carbocycles. The number of hydrogen-bond acceptors (Lipinski definition) is 6. The lowest BCUT2D eigenvalue weighted by atomic mass is 9.94. The van der Waals surface area contributed by atoms with Crippen molar-refractivity contribution in [3.8, 4) is 0 Å². The first kappa shape index (κ1) is 18.8. The highest BCUT2D eigenvalue weighted by molar-refractivity contribution is 7.90. The topological polar surface area (TPSA) is 100.0 Å². The van der Waals surface area contributed by atoms with E-state index in [1.165, 1.54) is 6.26 Å². The zero-order chi connectivity index (χ0) is 19.4. The van der Waals surface area contributed by atoms with Crippen molar-refractivity contribution < 1.29 is 13.2 Å². The first-order chi connectivity index (χ1) is 12.8. The third kappa shape index (κ3) is 4.79. The number of nitrogens with zero attached hydrogens (tertiary/aromatic N) is 2. The van der Waals surface area contributed by atoms with Crippen LogP contribution in [-0.4, -0.2) is 32.5 Å². The van der Waals surface area contributed by atoms with Crippen LogP contribution in [0, 0.1) is 5.92 Å². The summed E-state index contributed by atoms with van der Waals surface area (Å²) in [7, 11) is -3.20. The Kier molecular flexibility index (Phi) is 5.36. The number of carbonyl (C=O) groups excluding carboxylic acids is 1. The molecule has 0 spiro atoms. The number of sulfone groups is 1. The largest absolute Gasteiger partial charge is 0.279 e. The van der Waals surface area contributed by atoms with Crippen LogP contribution in [0.4, 0.5) is 5.69 Å². The molecule has 1 aliphatic rings. The van der Waals surface area contributed by atoms with Crippen molar-refractivity contribution in [3.05, 3.63) is 59.7 Å². The maximum Gasteiger partial charge on any atom is 0.240 e. The number of hydrogen-bond donors (Lipinski definition) is 2. The number of benzene rings is 2. The maximum atomic E-state index is 11.4. The minimum atomic E-state index is -3.20. The van der Waals surface area contributed by atoms with E-state index in [1.807, 2.05) is 31.2 Å². The number of carbonyl (C=O) groups is 1. The summed E-state index contributed by atoms with van der Waals surface area (Å²) in [5, 5.41) is 8.30. The molecule has 140 valence electrons. The standard InChI is InChI=1S/C19H20N4O3S/c1-13-11-18(24)22-23-19(13)15-5-7-16(8-6-15)21-20-12-14-3-9-17(10-4-14)27(2,25)26/h3-10,12-13,21H,11H2,1-2H3,(H,22,24)/b20-12+. The highest BCUT2D eigenvalue weighted by Gasteiger charge is 2.21. The first-order valence-corrected chi connectivity index (χ1v) is 10.3. The molecular weight excluding hydrogens is 364 g/mol. The summed E-state index contributed by atoms with van der Waals surface area (Å²) in [5.74, 6) is 0.00827. The van der Waals surface area contributed by atoms with Gasteiger partial charge in [0, 0.05) is 18.6 Å². The fraction of sp³-hybridized carbons (Fsp3) is 0.211. The molecule has 0 saturated heterocycles. The van der Waals surface area contributed by atoms with Gasteiger partial charge in [-0.3, -0.25) is 10.2 Å². The predicted octanol–water partition coefficient (Wildman–Crippen LogP) is 2.40. The normalized spacial score (nSPS) is 17.5. The molecule has 7 nitrogen and oxygen atoms in total. The smallest absolute Gasteiger partial charge is 0.240 e. The molecule has 0 fully saturated rings. The van der Waals surface area contributed by atoms with E-state index in [-0.39, 0.29) is 16.7 Å². The molecule has 1 unspecified atom stereocenters. The number of amides is 1. The molecule has 1 amide bonds. The van der Waals surface area contributed by atoms with E-state index in [4.69, 9.17) is 0 Å². The summed E-state index contributed by atoms with van der Waals surface area (Å²) in [6.45, 7) is 1.98. The second-order valence-corrected chi connectivity index (χ2v) is 8.44. The van der Waals surface area contributed by atoms with E-state index >= 15 is 0 Å². The van der Waals surface area contributed by atoms with E-state index in [9.17, 15) is 13.2 Å². The van der Waals surface area contributed by atoms with Gasteiger partial charge < -0.3 is 0 Å². The van der Waals surface area contributed by atoms with Crippen molar-refractivity contribution in [3.63, 3.8) is 0 Å². The van der Waals surface area contributed by atoms with Gasteiger partial charge in [0.2, 0.25) is 5.91 Å². The molecule has 3 rings (SSSR count). The van der Waals surface area contributed by atoms with Crippen molar-refractivity contribution in [1.82, 2.24) is 5.43 Å². The van der Waals surface area contributed by atoms with E-state index in [2.05, 4.69) is 21.1 Å². The van der Waals surface area contributed by atoms with Crippen molar-refractivity contribution in [2.75, 3.05) is 11.7 Å². The van der Waals surface area contributed by atoms with E-state index in [0.29, 0.717) is 6.42 Å². The van der Waals surface area contributed by atoms with Crippen LogP contribution >= 0.6 is 0 Å². The summed E-state index contributed by atoms with van der Waals surface area (Å²) in [5.41, 5.74) is 8.84. The Balaban J connectivity index is 1.63. The van der Waals surface area contributed by atoms with Crippen molar-refractivity contribution in [2.24, 2.45) is 16.1 Å². The van der Waals surface area contributed by atoms with Crippen LogP contribution in [0.3, 0.4) is 0 Å². The molecular formula is C19H20N4O3S. The lowest BCUT2D eigenvalue weighted by Crippen LogP contribution is -2.31. The number of rotatable bonds is 5. The summed E-state index contributed by atoms with van der Waals surface area (Å²) in [6, 6.07) is 14.1. The zero-order valence-corrected chi connectivity index (χ0v) is 15.8. The molecule has 0 aliphatic carbocycles. The fourth-order valence-electron chi connectivity index (χ4n) is 2.70. The molecule has 0 radical (unpaired) electrons. The Labute approximate surface area is 158 Å². The monoisotopic (exact) mass is 384 g/mol. The van der Waals surface area contributed by atoms with Gasteiger partial charge in [-0.05, 0) is 35.4 Å². The minimum Gasteiger partial charge on any atom is -0.279 e. The molecule has 2 N–H and O–H groups in total. The quantitative estimate of drug-likeness (QED) is 0.611. The Bertz CT molecular complexity index is 994. The first-order valence-electron chi connectivity index (χ1n) is 8.39. The molecule has 1 heterocycles. The van der Waals surface area contributed by atoms with Gasteiger partial charge in [0.1, 0.15) is 0 Å². The Morgan fingerprint density at radius 3 is 2.41 bits per heavy atom. The van der Waals surface area contributed by atoms with Crippen LogP contribution in [0.1, 0.15) is 24.5 Å². The Hall–Kier alpha value is -3.00. The van der Waals surface area contributed by atoms with Gasteiger partial charge in [0.05, 0.1) is 22.5 Å². The lowest BCUT2D eigenvalue weighted by molar-refractivity contribution is -0.121. The summed E-state index contributed by atoms with van der Waals surface area (Å²) < 4.78 is 22.9. The van der Waals surface area contributed by atoms with Crippen LogP contribution in [-0.2, 0) is 14.6 Å². The second kappa shape index (κ2) is 7.71. The third-order valence-electron chi connectivity index (χ3n) is 4.16. The highest BCUT2D eigenvalue weighted by atomic mass is 32.2. The van der Waals surface area contributed by atoms with E-state index < -0.39 is 9.84 Å². The summed E-state index contributed by atoms with van der Waals surface area (Å²) in [6.07, 6.45) is 3.22. The molecule has 2 aromatic carbocycles. The van der Waals surface area contributed by atoms with Gasteiger partial charge in [0.25, 0.3) is 0 Å². The highest BCUT2D eigenvalue weighted by Crippen LogP contribution is 2.18.